The Morgan fingerprint density at radius 3 is 2.60 bits per heavy atom. The lowest BCUT2D eigenvalue weighted by Crippen LogP contribution is -2.25. The molecule has 1 aliphatic carbocycles. The molecule has 0 saturated heterocycles. The van der Waals surface area contributed by atoms with Gasteiger partial charge < -0.3 is 20.8 Å². The van der Waals surface area contributed by atoms with Gasteiger partial charge in [0, 0.05) is 29.6 Å². The van der Waals surface area contributed by atoms with Gasteiger partial charge in [0.25, 0.3) is 0 Å². The van der Waals surface area contributed by atoms with Gasteiger partial charge in [-0.3, -0.25) is 9.59 Å². The summed E-state index contributed by atoms with van der Waals surface area (Å²) in [4.78, 5) is 23.6. The van der Waals surface area contributed by atoms with Crippen LogP contribution in [0.4, 0.5) is 0 Å². The number of amides is 2. The van der Waals surface area contributed by atoms with Crippen molar-refractivity contribution < 1.29 is 14.3 Å². The number of nitrogens with zero attached hydrogens (tertiary/aromatic N) is 1. The quantitative estimate of drug-likeness (QED) is 0.632. The number of aromatic nitrogens is 1. The molecule has 0 radical (unpaired) electrons. The molecule has 1 atom stereocenters. The van der Waals surface area contributed by atoms with Crippen LogP contribution in [0, 0.1) is 0 Å². The van der Waals surface area contributed by atoms with Crippen molar-refractivity contribution in [3.05, 3.63) is 64.8 Å². The fourth-order valence-corrected chi connectivity index (χ4v) is 4.65. The number of primary amides is 2. The number of benzene rings is 2. The van der Waals surface area contributed by atoms with Crippen LogP contribution in [0.5, 0.6) is 5.75 Å². The second-order valence-electron chi connectivity index (χ2n) is 7.93. The number of rotatable bonds is 7. The van der Waals surface area contributed by atoms with E-state index in [9.17, 15) is 9.59 Å². The molecule has 1 aromatic heterocycles. The molecule has 1 heterocycles. The Morgan fingerprint density at radius 1 is 1.17 bits per heavy atom. The minimum absolute atomic E-state index is 0.255. The highest BCUT2D eigenvalue weighted by Crippen LogP contribution is 2.42. The van der Waals surface area contributed by atoms with Crippen molar-refractivity contribution in [2.45, 2.75) is 44.6 Å². The minimum atomic E-state index is -0.343. The van der Waals surface area contributed by atoms with Crippen LogP contribution in [0.3, 0.4) is 0 Å². The number of fused-ring (bicyclic) bond motifs is 3. The van der Waals surface area contributed by atoms with Crippen LogP contribution in [-0.4, -0.2) is 23.5 Å². The summed E-state index contributed by atoms with van der Waals surface area (Å²) in [5.41, 5.74) is 16.5. The fourth-order valence-electron chi connectivity index (χ4n) is 4.65. The van der Waals surface area contributed by atoms with Gasteiger partial charge in [0.1, 0.15) is 5.75 Å². The van der Waals surface area contributed by atoms with Crippen molar-refractivity contribution in [3.8, 4) is 5.75 Å². The summed E-state index contributed by atoms with van der Waals surface area (Å²) in [5.74, 6) is -0.219. The molecule has 0 aliphatic heterocycles. The first kappa shape index (κ1) is 20.0. The second-order valence-corrected chi connectivity index (χ2v) is 7.93. The molecule has 30 heavy (non-hydrogen) atoms. The van der Waals surface area contributed by atoms with Crippen LogP contribution in [0.15, 0.2) is 42.5 Å². The average molecular weight is 405 g/mol. The molecule has 0 fully saturated rings. The van der Waals surface area contributed by atoms with Crippen LogP contribution >= 0.6 is 0 Å². The van der Waals surface area contributed by atoms with Gasteiger partial charge in [-0.2, -0.15) is 0 Å². The first-order valence-corrected chi connectivity index (χ1v) is 10.3. The summed E-state index contributed by atoms with van der Waals surface area (Å²) < 4.78 is 7.92. The summed E-state index contributed by atoms with van der Waals surface area (Å²) >= 11 is 0. The highest BCUT2D eigenvalue weighted by Gasteiger charge is 2.31. The van der Waals surface area contributed by atoms with Crippen molar-refractivity contribution >= 4 is 22.7 Å². The lowest BCUT2D eigenvalue weighted by atomic mass is 9.84. The summed E-state index contributed by atoms with van der Waals surface area (Å²) in [6.45, 7) is 0.708. The van der Waals surface area contributed by atoms with Gasteiger partial charge in [-0.1, -0.05) is 30.3 Å². The third-order valence-electron chi connectivity index (χ3n) is 6.04. The number of methoxy groups -OCH3 is 1. The molecular formula is C24H27N3O3. The zero-order chi connectivity index (χ0) is 21.3. The molecule has 2 amide bonds. The number of hydrogen-bond donors (Lipinski definition) is 2. The number of carbonyl (C=O) groups excluding carboxylic acids is 2. The van der Waals surface area contributed by atoms with E-state index < -0.39 is 0 Å². The number of carbonyl (C=O) groups is 2. The monoisotopic (exact) mass is 405 g/mol. The molecule has 4 rings (SSSR count). The molecule has 0 saturated carbocycles. The van der Waals surface area contributed by atoms with Crippen molar-refractivity contribution in [2.75, 3.05) is 7.11 Å². The zero-order valence-corrected chi connectivity index (χ0v) is 17.2. The van der Waals surface area contributed by atoms with Crippen LogP contribution in [0.2, 0.25) is 0 Å². The summed E-state index contributed by atoms with van der Waals surface area (Å²) in [6, 6.07) is 14.3. The van der Waals surface area contributed by atoms with Gasteiger partial charge in [0.15, 0.2) is 0 Å². The van der Waals surface area contributed by atoms with Gasteiger partial charge in [-0.05, 0) is 54.5 Å². The maximum Gasteiger partial charge on any atom is 0.225 e. The second kappa shape index (κ2) is 8.22. The third-order valence-corrected chi connectivity index (χ3v) is 6.04. The van der Waals surface area contributed by atoms with Gasteiger partial charge in [0.2, 0.25) is 11.8 Å². The smallest absolute Gasteiger partial charge is 0.225 e. The molecular weight excluding hydrogens is 378 g/mol. The van der Waals surface area contributed by atoms with Gasteiger partial charge in [-0.25, -0.2) is 0 Å². The lowest BCUT2D eigenvalue weighted by molar-refractivity contribution is -0.120. The Labute approximate surface area is 175 Å². The van der Waals surface area contributed by atoms with Crippen LogP contribution in [-0.2, 0) is 29.0 Å². The van der Waals surface area contributed by atoms with Gasteiger partial charge in [-0.15, -0.1) is 0 Å². The first-order valence-electron chi connectivity index (χ1n) is 10.3. The van der Waals surface area contributed by atoms with E-state index in [0.29, 0.717) is 18.7 Å². The van der Waals surface area contributed by atoms with E-state index in [2.05, 4.69) is 22.8 Å². The molecule has 0 bridgehead atoms. The predicted molar refractivity (Wildman–Crippen MR) is 116 cm³/mol. The van der Waals surface area contributed by atoms with Crippen LogP contribution in [0.25, 0.3) is 10.9 Å². The maximum absolute atomic E-state index is 12.3. The Bertz CT molecular complexity index is 1100. The fraction of sp³-hybridized carbons (Fsp3) is 0.333. The van der Waals surface area contributed by atoms with E-state index in [0.717, 1.165) is 47.0 Å². The van der Waals surface area contributed by atoms with Gasteiger partial charge >= 0.3 is 0 Å². The van der Waals surface area contributed by atoms with Crippen molar-refractivity contribution in [3.63, 3.8) is 0 Å². The summed E-state index contributed by atoms with van der Waals surface area (Å²) in [7, 11) is 1.62. The number of ether oxygens (including phenoxy) is 1. The SMILES string of the molecule is COc1cc2c3c(n(Cc4ccccc4)c2cc1CCC(N)=O)CCCC3C(N)=O. The van der Waals surface area contributed by atoms with E-state index >= 15 is 0 Å². The topological polar surface area (TPSA) is 100 Å². The predicted octanol–water partition coefficient (Wildman–Crippen LogP) is 3.02. The molecule has 6 heteroatoms. The van der Waals surface area contributed by atoms with Crippen molar-refractivity contribution in [1.82, 2.24) is 4.57 Å². The van der Waals surface area contributed by atoms with Gasteiger partial charge in [0.05, 0.1) is 13.0 Å². The molecule has 3 aromatic rings. The number of nitrogens with two attached hydrogens (primary N) is 2. The van der Waals surface area contributed by atoms with Crippen molar-refractivity contribution in [2.24, 2.45) is 11.5 Å². The Balaban J connectivity index is 1.94. The minimum Gasteiger partial charge on any atom is -0.496 e. The Morgan fingerprint density at radius 2 is 1.93 bits per heavy atom. The summed E-state index contributed by atoms with van der Waals surface area (Å²) in [6.07, 6.45) is 3.36. The van der Waals surface area contributed by atoms with E-state index in [-0.39, 0.29) is 24.2 Å². The maximum atomic E-state index is 12.3. The Kier molecular flexibility index (Phi) is 5.48. The standard InChI is InChI=1S/C24H27N3O3/c1-30-21-13-18-20(12-16(21)10-11-22(25)28)27(14-15-6-3-2-4-7-15)19-9-5-8-17(23(18)19)24(26)29/h2-4,6-7,12-13,17H,5,8-11,14H2,1H3,(H2,25,28)(H2,26,29). The average Bonchev–Trinajstić information content (AvgIpc) is 3.04. The van der Waals surface area contributed by atoms with E-state index in [1.165, 1.54) is 5.56 Å². The number of hydrogen-bond acceptors (Lipinski definition) is 3. The Hall–Kier alpha value is -3.28. The molecule has 2 aromatic carbocycles. The molecule has 1 unspecified atom stereocenters. The molecule has 6 nitrogen and oxygen atoms in total. The van der Waals surface area contributed by atoms with Crippen LogP contribution < -0.4 is 16.2 Å². The third kappa shape index (κ3) is 3.65. The summed E-state index contributed by atoms with van der Waals surface area (Å²) in [5, 5.41) is 1.00. The first-order chi connectivity index (χ1) is 14.5. The van der Waals surface area contributed by atoms with Crippen molar-refractivity contribution in [1.29, 1.82) is 0 Å². The highest BCUT2D eigenvalue weighted by molar-refractivity contribution is 5.95. The normalized spacial score (nSPS) is 15.7. The number of aryl methyl sites for hydroxylation is 1. The van der Waals surface area contributed by atoms with Crippen LogP contribution in [0.1, 0.15) is 47.6 Å². The largest absolute Gasteiger partial charge is 0.496 e. The lowest BCUT2D eigenvalue weighted by Gasteiger charge is -2.22. The molecule has 0 spiro atoms. The molecule has 156 valence electrons. The van der Waals surface area contributed by atoms with E-state index in [1.807, 2.05) is 24.3 Å². The molecule has 4 N–H and O–H groups in total. The van der Waals surface area contributed by atoms with E-state index in [1.54, 1.807) is 7.11 Å². The van der Waals surface area contributed by atoms with E-state index in [4.69, 9.17) is 16.2 Å². The molecule has 1 aliphatic rings. The highest BCUT2D eigenvalue weighted by atomic mass is 16.5. The zero-order valence-electron chi connectivity index (χ0n) is 17.2.